The average Bonchev–Trinajstić information content (AvgIpc) is 3.12. The maximum atomic E-state index is 6.28. The van der Waals surface area contributed by atoms with Crippen molar-refractivity contribution in [3.8, 4) is 5.75 Å². The summed E-state index contributed by atoms with van der Waals surface area (Å²) in [4.78, 5) is 0. The number of hydrogen-bond donors (Lipinski definition) is 0. The van der Waals surface area contributed by atoms with Crippen LogP contribution in [0, 0.1) is 5.92 Å². The van der Waals surface area contributed by atoms with E-state index < -0.39 is 0 Å². The topological polar surface area (TPSA) is 9.23 Å². The van der Waals surface area contributed by atoms with Crippen LogP contribution in [-0.4, -0.2) is 12.0 Å². The van der Waals surface area contributed by atoms with Gasteiger partial charge in [0.15, 0.2) is 0 Å². The summed E-state index contributed by atoms with van der Waals surface area (Å²) in [5.74, 6) is 1.75. The molecule has 0 bridgehead atoms. The molecule has 0 heterocycles. The maximum Gasteiger partial charge on any atom is 0.119 e. The van der Waals surface area contributed by atoms with Crippen LogP contribution in [0.25, 0.3) is 0 Å². The van der Waals surface area contributed by atoms with Crippen molar-refractivity contribution in [2.75, 3.05) is 6.61 Å². The molecular weight excluding hydrogens is 220 g/mol. The summed E-state index contributed by atoms with van der Waals surface area (Å²) in [6.07, 6.45) is 4.84. The molecule has 0 amide bonds. The van der Waals surface area contributed by atoms with Gasteiger partial charge in [-0.2, -0.15) is 0 Å². The van der Waals surface area contributed by atoms with E-state index >= 15 is 0 Å². The second-order valence-corrected chi connectivity index (χ2v) is 5.03. The highest BCUT2D eigenvalue weighted by Crippen LogP contribution is 2.37. The Labute approximate surface area is 103 Å². The molecule has 1 aromatic carbocycles. The van der Waals surface area contributed by atoms with Gasteiger partial charge in [0.2, 0.25) is 0 Å². The van der Waals surface area contributed by atoms with E-state index in [9.17, 15) is 0 Å². The van der Waals surface area contributed by atoms with Crippen LogP contribution in [0.5, 0.6) is 5.75 Å². The standard InChI is InChI=1S/C14H19ClO/c1-2-16-13-8-3-11(4-9-13)5-10-14(15)12-6-7-12/h3-4,8-9,12,14H,2,5-7,10H2,1H3. The number of ether oxygens (including phenoxy) is 1. The summed E-state index contributed by atoms with van der Waals surface area (Å²) in [6, 6.07) is 8.36. The van der Waals surface area contributed by atoms with Crippen molar-refractivity contribution < 1.29 is 4.74 Å². The zero-order chi connectivity index (χ0) is 11.4. The number of benzene rings is 1. The van der Waals surface area contributed by atoms with Crippen LogP contribution in [0.2, 0.25) is 0 Å². The fraction of sp³-hybridized carbons (Fsp3) is 0.571. The first-order valence-electron chi connectivity index (χ1n) is 6.15. The highest BCUT2D eigenvalue weighted by molar-refractivity contribution is 6.20. The van der Waals surface area contributed by atoms with Gasteiger partial charge in [0, 0.05) is 5.38 Å². The molecule has 16 heavy (non-hydrogen) atoms. The lowest BCUT2D eigenvalue weighted by Gasteiger charge is -2.08. The van der Waals surface area contributed by atoms with Crippen LogP contribution in [0.15, 0.2) is 24.3 Å². The highest BCUT2D eigenvalue weighted by Gasteiger charge is 2.28. The predicted octanol–water partition coefficient (Wildman–Crippen LogP) is 4.04. The van der Waals surface area contributed by atoms with Gasteiger partial charge in [0.05, 0.1) is 6.61 Å². The van der Waals surface area contributed by atoms with Gasteiger partial charge in [-0.3, -0.25) is 0 Å². The molecule has 1 aliphatic rings. The Balaban J connectivity index is 1.79. The Morgan fingerprint density at radius 2 is 2.00 bits per heavy atom. The minimum absolute atomic E-state index is 0.381. The Bertz CT molecular complexity index is 316. The second-order valence-electron chi connectivity index (χ2n) is 4.47. The Kier molecular flexibility index (Phi) is 4.11. The van der Waals surface area contributed by atoms with Crippen LogP contribution < -0.4 is 4.74 Å². The molecule has 2 heteroatoms. The fourth-order valence-electron chi connectivity index (χ4n) is 1.92. The lowest BCUT2D eigenvalue weighted by atomic mass is 10.1. The largest absolute Gasteiger partial charge is 0.494 e. The lowest BCUT2D eigenvalue weighted by Crippen LogP contribution is -2.02. The average molecular weight is 239 g/mol. The molecule has 1 aromatic rings. The van der Waals surface area contributed by atoms with Crippen molar-refractivity contribution in [2.45, 2.75) is 38.0 Å². The van der Waals surface area contributed by atoms with E-state index in [0.29, 0.717) is 5.38 Å². The third kappa shape index (κ3) is 3.41. The highest BCUT2D eigenvalue weighted by atomic mass is 35.5. The Morgan fingerprint density at radius 1 is 1.31 bits per heavy atom. The summed E-state index contributed by atoms with van der Waals surface area (Å²) >= 11 is 6.28. The summed E-state index contributed by atoms with van der Waals surface area (Å²) in [7, 11) is 0. The molecule has 0 spiro atoms. The molecule has 1 fully saturated rings. The van der Waals surface area contributed by atoms with Crippen molar-refractivity contribution >= 4 is 11.6 Å². The first kappa shape index (κ1) is 11.8. The zero-order valence-electron chi connectivity index (χ0n) is 9.79. The number of halogens is 1. The third-order valence-corrected chi connectivity index (χ3v) is 3.65. The van der Waals surface area contributed by atoms with Crippen LogP contribution in [0.1, 0.15) is 31.7 Å². The van der Waals surface area contributed by atoms with Gasteiger partial charge >= 0.3 is 0 Å². The molecule has 0 saturated heterocycles. The van der Waals surface area contributed by atoms with Crippen molar-refractivity contribution in [3.05, 3.63) is 29.8 Å². The van der Waals surface area contributed by atoms with E-state index in [1.807, 2.05) is 19.1 Å². The van der Waals surface area contributed by atoms with Crippen molar-refractivity contribution in [3.63, 3.8) is 0 Å². The van der Waals surface area contributed by atoms with Crippen molar-refractivity contribution in [1.82, 2.24) is 0 Å². The molecule has 0 aliphatic heterocycles. The van der Waals surface area contributed by atoms with E-state index in [1.165, 1.54) is 18.4 Å². The van der Waals surface area contributed by atoms with Gasteiger partial charge in [-0.05, 0) is 56.2 Å². The number of hydrogen-bond acceptors (Lipinski definition) is 1. The summed E-state index contributed by atoms with van der Waals surface area (Å²) in [5, 5.41) is 0.381. The van der Waals surface area contributed by atoms with E-state index in [-0.39, 0.29) is 0 Å². The van der Waals surface area contributed by atoms with Gasteiger partial charge in [-0.1, -0.05) is 12.1 Å². The molecule has 1 atom stereocenters. The molecule has 1 saturated carbocycles. The molecule has 88 valence electrons. The predicted molar refractivity (Wildman–Crippen MR) is 68.3 cm³/mol. The number of rotatable bonds is 6. The summed E-state index contributed by atoms with van der Waals surface area (Å²) in [6.45, 7) is 2.73. The third-order valence-electron chi connectivity index (χ3n) is 3.08. The summed E-state index contributed by atoms with van der Waals surface area (Å²) in [5.41, 5.74) is 1.36. The van der Waals surface area contributed by atoms with Crippen LogP contribution in [0.4, 0.5) is 0 Å². The molecule has 1 unspecified atom stereocenters. The van der Waals surface area contributed by atoms with Gasteiger partial charge in [-0.25, -0.2) is 0 Å². The molecular formula is C14H19ClO. The smallest absolute Gasteiger partial charge is 0.119 e. The molecule has 0 aromatic heterocycles. The SMILES string of the molecule is CCOc1ccc(CCC(Cl)C2CC2)cc1. The van der Waals surface area contributed by atoms with Crippen LogP contribution >= 0.6 is 11.6 Å². The maximum absolute atomic E-state index is 6.28. The Hall–Kier alpha value is -0.690. The quantitative estimate of drug-likeness (QED) is 0.680. The fourth-order valence-corrected chi connectivity index (χ4v) is 2.28. The Morgan fingerprint density at radius 3 is 2.56 bits per heavy atom. The monoisotopic (exact) mass is 238 g/mol. The van der Waals surface area contributed by atoms with E-state index in [2.05, 4.69) is 12.1 Å². The van der Waals surface area contributed by atoms with Crippen molar-refractivity contribution in [1.29, 1.82) is 0 Å². The minimum Gasteiger partial charge on any atom is -0.494 e. The second kappa shape index (κ2) is 5.58. The van der Waals surface area contributed by atoms with Gasteiger partial charge in [0.1, 0.15) is 5.75 Å². The van der Waals surface area contributed by atoms with Gasteiger partial charge < -0.3 is 4.74 Å². The normalized spacial score (nSPS) is 17.1. The minimum atomic E-state index is 0.381. The van der Waals surface area contributed by atoms with Crippen LogP contribution in [0.3, 0.4) is 0 Å². The molecule has 0 N–H and O–H groups in total. The van der Waals surface area contributed by atoms with E-state index in [0.717, 1.165) is 31.1 Å². The van der Waals surface area contributed by atoms with E-state index in [4.69, 9.17) is 16.3 Å². The van der Waals surface area contributed by atoms with Gasteiger partial charge in [0.25, 0.3) is 0 Å². The summed E-state index contributed by atoms with van der Waals surface area (Å²) < 4.78 is 5.41. The zero-order valence-corrected chi connectivity index (χ0v) is 10.5. The van der Waals surface area contributed by atoms with Gasteiger partial charge in [-0.15, -0.1) is 11.6 Å². The number of alkyl halides is 1. The van der Waals surface area contributed by atoms with Crippen LogP contribution in [-0.2, 0) is 6.42 Å². The molecule has 2 rings (SSSR count). The van der Waals surface area contributed by atoms with E-state index in [1.54, 1.807) is 0 Å². The molecule has 1 aliphatic carbocycles. The first-order valence-corrected chi connectivity index (χ1v) is 6.59. The number of aryl methyl sites for hydroxylation is 1. The lowest BCUT2D eigenvalue weighted by molar-refractivity contribution is 0.340. The molecule has 0 radical (unpaired) electrons. The molecule has 1 nitrogen and oxygen atoms in total. The first-order chi connectivity index (χ1) is 7.79. The van der Waals surface area contributed by atoms with Crippen molar-refractivity contribution in [2.24, 2.45) is 5.92 Å².